The van der Waals surface area contributed by atoms with Gasteiger partial charge in [-0.25, -0.2) is 14.6 Å². The van der Waals surface area contributed by atoms with E-state index in [1.54, 1.807) is 18.2 Å². The molecular formula is C18H11Cl2FN4O2. The van der Waals surface area contributed by atoms with E-state index in [0.29, 0.717) is 21.2 Å². The van der Waals surface area contributed by atoms with Gasteiger partial charge in [-0.05, 0) is 36.4 Å². The average molecular weight is 405 g/mol. The van der Waals surface area contributed by atoms with E-state index in [-0.39, 0.29) is 11.4 Å². The molecule has 0 saturated heterocycles. The Morgan fingerprint density at radius 3 is 2.67 bits per heavy atom. The summed E-state index contributed by atoms with van der Waals surface area (Å²) in [6, 6.07) is 11.7. The van der Waals surface area contributed by atoms with Crippen molar-refractivity contribution in [2.45, 2.75) is 0 Å². The largest absolute Gasteiger partial charge is 0.346 e. The number of carbonyl (C=O) groups is 1. The Balaban J connectivity index is 1.80. The quantitative estimate of drug-likeness (QED) is 0.513. The second-order valence-electron chi connectivity index (χ2n) is 5.33. The van der Waals surface area contributed by atoms with E-state index >= 15 is 0 Å². The smallest absolute Gasteiger partial charge is 0.301 e. The SMILES string of the molecule is O=C(N/N=C/c1cccc(Cl)c1Cl)c1cc(-c2ccc(F)cc2)nc(=O)[nH]1. The third-order valence-electron chi connectivity index (χ3n) is 3.48. The summed E-state index contributed by atoms with van der Waals surface area (Å²) in [6.45, 7) is 0. The van der Waals surface area contributed by atoms with E-state index in [4.69, 9.17) is 23.2 Å². The zero-order valence-electron chi connectivity index (χ0n) is 13.5. The van der Waals surface area contributed by atoms with Crippen LogP contribution in [0.5, 0.6) is 0 Å². The van der Waals surface area contributed by atoms with Gasteiger partial charge in [-0.2, -0.15) is 10.1 Å². The van der Waals surface area contributed by atoms with Crippen molar-refractivity contribution in [3.63, 3.8) is 0 Å². The van der Waals surface area contributed by atoms with Gasteiger partial charge >= 0.3 is 5.69 Å². The van der Waals surface area contributed by atoms with Crippen molar-refractivity contribution in [2.75, 3.05) is 0 Å². The molecule has 0 atom stereocenters. The van der Waals surface area contributed by atoms with E-state index in [2.05, 4.69) is 20.5 Å². The van der Waals surface area contributed by atoms with Crippen molar-refractivity contribution in [3.05, 3.63) is 86.1 Å². The highest BCUT2D eigenvalue weighted by atomic mass is 35.5. The molecule has 136 valence electrons. The highest BCUT2D eigenvalue weighted by Gasteiger charge is 2.10. The number of H-pyrrole nitrogens is 1. The molecule has 0 fully saturated rings. The zero-order chi connectivity index (χ0) is 19.4. The van der Waals surface area contributed by atoms with Crippen LogP contribution in [0, 0.1) is 5.82 Å². The van der Waals surface area contributed by atoms with E-state index in [1.165, 1.54) is 36.5 Å². The molecule has 0 aliphatic rings. The standard InChI is InChI=1S/C18H11Cl2FN4O2/c19-13-3-1-2-11(16(13)20)9-22-25-17(26)15-8-14(23-18(27)24-15)10-4-6-12(21)7-5-10/h1-9H,(H,25,26)(H,23,24,27)/b22-9+. The van der Waals surface area contributed by atoms with Crippen LogP contribution < -0.4 is 11.1 Å². The molecule has 6 nitrogen and oxygen atoms in total. The molecule has 1 aromatic heterocycles. The Morgan fingerprint density at radius 2 is 1.93 bits per heavy atom. The Bertz CT molecular complexity index is 1080. The predicted molar refractivity (Wildman–Crippen MR) is 102 cm³/mol. The van der Waals surface area contributed by atoms with Gasteiger partial charge in [-0.1, -0.05) is 35.3 Å². The topological polar surface area (TPSA) is 87.2 Å². The van der Waals surface area contributed by atoms with Crippen molar-refractivity contribution in [3.8, 4) is 11.3 Å². The number of halogens is 3. The van der Waals surface area contributed by atoms with Crippen LogP contribution in [0.25, 0.3) is 11.3 Å². The zero-order valence-corrected chi connectivity index (χ0v) is 15.1. The lowest BCUT2D eigenvalue weighted by atomic mass is 10.1. The molecule has 0 bridgehead atoms. The van der Waals surface area contributed by atoms with Gasteiger partial charge < -0.3 is 4.98 Å². The fraction of sp³-hybridized carbons (Fsp3) is 0. The number of aromatic amines is 1. The molecule has 27 heavy (non-hydrogen) atoms. The van der Waals surface area contributed by atoms with Gasteiger partial charge in [0.25, 0.3) is 5.91 Å². The Labute approximate surface area is 162 Å². The Hall–Kier alpha value is -3.03. The van der Waals surface area contributed by atoms with Gasteiger partial charge in [0.05, 0.1) is 22.0 Å². The minimum absolute atomic E-state index is 0.0522. The van der Waals surface area contributed by atoms with Crippen LogP contribution >= 0.6 is 23.2 Å². The summed E-state index contributed by atoms with van der Waals surface area (Å²) in [4.78, 5) is 30.1. The third kappa shape index (κ3) is 4.58. The lowest BCUT2D eigenvalue weighted by molar-refractivity contribution is 0.0949. The first-order valence-corrected chi connectivity index (χ1v) is 8.34. The maximum absolute atomic E-state index is 13.0. The molecule has 0 aliphatic heterocycles. The second-order valence-corrected chi connectivity index (χ2v) is 6.12. The van der Waals surface area contributed by atoms with Gasteiger partial charge in [0, 0.05) is 11.1 Å². The molecule has 1 heterocycles. The fourth-order valence-electron chi connectivity index (χ4n) is 2.19. The van der Waals surface area contributed by atoms with Gasteiger partial charge in [-0.3, -0.25) is 4.79 Å². The lowest BCUT2D eigenvalue weighted by Crippen LogP contribution is -2.24. The molecule has 0 radical (unpaired) electrons. The molecule has 0 saturated carbocycles. The molecule has 3 aromatic rings. The van der Waals surface area contributed by atoms with Crippen LogP contribution in [0.3, 0.4) is 0 Å². The average Bonchev–Trinajstić information content (AvgIpc) is 2.65. The number of amides is 1. The van der Waals surface area contributed by atoms with Crippen LogP contribution in [0.1, 0.15) is 16.1 Å². The maximum Gasteiger partial charge on any atom is 0.346 e. The number of hydrogen-bond donors (Lipinski definition) is 2. The van der Waals surface area contributed by atoms with Crippen LogP contribution in [0.4, 0.5) is 4.39 Å². The normalized spacial score (nSPS) is 10.9. The van der Waals surface area contributed by atoms with Crippen molar-refractivity contribution in [1.82, 2.24) is 15.4 Å². The molecule has 9 heteroatoms. The Morgan fingerprint density at radius 1 is 1.19 bits per heavy atom. The number of benzene rings is 2. The monoisotopic (exact) mass is 404 g/mol. The third-order valence-corrected chi connectivity index (χ3v) is 4.31. The maximum atomic E-state index is 13.0. The van der Waals surface area contributed by atoms with Gasteiger partial charge in [0.2, 0.25) is 0 Å². The lowest BCUT2D eigenvalue weighted by Gasteiger charge is -2.04. The number of nitrogens with one attached hydrogen (secondary N) is 2. The van der Waals surface area contributed by atoms with Crippen LogP contribution in [0.2, 0.25) is 10.0 Å². The molecule has 3 rings (SSSR count). The fourth-order valence-corrected chi connectivity index (χ4v) is 2.55. The van der Waals surface area contributed by atoms with Crippen molar-refractivity contribution in [2.24, 2.45) is 5.10 Å². The minimum Gasteiger partial charge on any atom is -0.301 e. The summed E-state index contributed by atoms with van der Waals surface area (Å²) >= 11 is 11.9. The summed E-state index contributed by atoms with van der Waals surface area (Å²) in [5.41, 5.74) is 2.74. The van der Waals surface area contributed by atoms with E-state index in [9.17, 15) is 14.0 Å². The van der Waals surface area contributed by atoms with Crippen LogP contribution in [-0.4, -0.2) is 22.1 Å². The predicted octanol–water partition coefficient (Wildman–Crippen LogP) is 3.65. The number of rotatable bonds is 4. The van der Waals surface area contributed by atoms with Gasteiger partial charge in [-0.15, -0.1) is 0 Å². The molecule has 2 aromatic carbocycles. The number of carbonyl (C=O) groups excluding carboxylic acids is 1. The van der Waals surface area contributed by atoms with Crippen LogP contribution in [0.15, 0.2) is 58.4 Å². The number of hydrogen-bond acceptors (Lipinski definition) is 4. The van der Waals surface area contributed by atoms with Gasteiger partial charge in [0.15, 0.2) is 0 Å². The minimum atomic E-state index is -0.719. The molecule has 1 amide bonds. The summed E-state index contributed by atoms with van der Waals surface area (Å²) in [6.07, 6.45) is 1.33. The second kappa shape index (κ2) is 8.11. The first-order valence-electron chi connectivity index (χ1n) is 7.59. The molecule has 0 unspecified atom stereocenters. The van der Waals surface area contributed by atoms with E-state index < -0.39 is 17.4 Å². The van der Waals surface area contributed by atoms with Crippen molar-refractivity contribution in [1.29, 1.82) is 0 Å². The van der Waals surface area contributed by atoms with E-state index in [1.807, 2.05) is 0 Å². The van der Waals surface area contributed by atoms with Crippen LogP contribution in [-0.2, 0) is 0 Å². The van der Waals surface area contributed by atoms with Gasteiger partial charge in [0.1, 0.15) is 11.5 Å². The molecule has 0 spiro atoms. The van der Waals surface area contributed by atoms with Crippen molar-refractivity contribution < 1.29 is 9.18 Å². The molecule has 0 aliphatic carbocycles. The summed E-state index contributed by atoms with van der Waals surface area (Å²) in [5, 5.41) is 4.46. The summed E-state index contributed by atoms with van der Waals surface area (Å²) in [5.74, 6) is -1.08. The summed E-state index contributed by atoms with van der Waals surface area (Å²) in [7, 11) is 0. The molecule has 2 N–H and O–H groups in total. The first kappa shape index (κ1) is 18.8. The number of hydrazone groups is 1. The Kier molecular flexibility index (Phi) is 5.63. The highest BCUT2D eigenvalue weighted by molar-refractivity contribution is 6.43. The van der Waals surface area contributed by atoms with Crippen molar-refractivity contribution >= 4 is 35.3 Å². The summed E-state index contributed by atoms with van der Waals surface area (Å²) < 4.78 is 13.0. The highest BCUT2D eigenvalue weighted by Crippen LogP contribution is 2.24. The number of aromatic nitrogens is 2. The number of nitrogens with zero attached hydrogens (tertiary/aromatic N) is 2. The van der Waals surface area contributed by atoms with E-state index in [0.717, 1.165) is 0 Å². The molecular weight excluding hydrogens is 394 g/mol. The first-order chi connectivity index (χ1) is 12.9.